The molecule has 0 heterocycles. The third-order valence-electron chi connectivity index (χ3n) is 2.21. The number of sulfonamides is 1. The smallest absolute Gasteiger partial charge is 0.283 e. The van der Waals surface area contributed by atoms with Crippen LogP contribution >= 0.6 is 0 Å². The Morgan fingerprint density at radius 3 is 2.35 bits per heavy atom. The molecule has 0 amide bonds. The standard InChI is InChI=1S/C10H12F3NO2S/c1-3-17(15,16)14-9-6-8(10(11,12)13)5-4-7(9)2/h4-6,14H,3H2,1-2H3. The molecule has 0 saturated heterocycles. The summed E-state index contributed by atoms with van der Waals surface area (Å²) < 4.78 is 62.0. The van der Waals surface area contributed by atoms with Gasteiger partial charge in [-0.3, -0.25) is 4.72 Å². The number of rotatable bonds is 3. The average Bonchev–Trinajstić information content (AvgIpc) is 2.19. The highest BCUT2D eigenvalue weighted by Gasteiger charge is 2.31. The number of nitrogens with one attached hydrogen (secondary N) is 1. The first kappa shape index (κ1) is 13.8. The zero-order valence-corrected chi connectivity index (χ0v) is 10.1. The Hall–Kier alpha value is -1.24. The van der Waals surface area contributed by atoms with Gasteiger partial charge in [-0.2, -0.15) is 13.2 Å². The van der Waals surface area contributed by atoms with Crippen molar-refractivity contribution in [1.29, 1.82) is 0 Å². The molecule has 0 atom stereocenters. The summed E-state index contributed by atoms with van der Waals surface area (Å²) in [4.78, 5) is 0. The molecule has 0 aromatic heterocycles. The van der Waals surface area contributed by atoms with Crippen molar-refractivity contribution in [3.8, 4) is 0 Å². The van der Waals surface area contributed by atoms with E-state index >= 15 is 0 Å². The van der Waals surface area contributed by atoms with Crippen molar-refractivity contribution < 1.29 is 21.6 Å². The van der Waals surface area contributed by atoms with E-state index in [4.69, 9.17) is 0 Å². The Balaban J connectivity index is 3.17. The minimum Gasteiger partial charge on any atom is -0.283 e. The van der Waals surface area contributed by atoms with E-state index in [9.17, 15) is 21.6 Å². The van der Waals surface area contributed by atoms with Crippen molar-refractivity contribution >= 4 is 15.7 Å². The van der Waals surface area contributed by atoms with Crippen LogP contribution in [0.25, 0.3) is 0 Å². The fourth-order valence-corrected chi connectivity index (χ4v) is 1.85. The van der Waals surface area contributed by atoms with E-state index in [0.717, 1.165) is 12.1 Å². The van der Waals surface area contributed by atoms with E-state index in [0.29, 0.717) is 5.56 Å². The van der Waals surface area contributed by atoms with Gasteiger partial charge in [-0.05, 0) is 31.5 Å². The van der Waals surface area contributed by atoms with Crippen molar-refractivity contribution in [2.45, 2.75) is 20.0 Å². The van der Waals surface area contributed by atoms with Gasteiger partial charge in [0.2, 0.25) is 10.0 Å². The van der Waals surface area contributed by atoms with Crippen LogP contribution in [0.2, 0.25) is 0 Å². The molecule has 0 aliphatic carbocycles. The van der Waals surface area contributed by atoms with Crippen molar-refractivity contribution in [3.63, 3.8) is 0 Å². The van der Waals surface area contributed by atoms with Crippen LogP contribution in [0, 0.1) is 6.92 Å². The molecular weight excluding hydrogens is 255 g/mol. The van der Waals surface area contributed by atoms with Crippen LogP contribution in [0.5, 0.6) is 0 Å². The third-order valence-corrected chi connectivity index (χ3v) is 3.50. The van der Waals surface area contributed by atoms with E-state index < -0.39 is 21.8 Å². The summed E-state index contributed by atoms with van der Waals surface area (Å²) in [6.45, 7) is 2.94. The van der Waals surface area contributed by atoms with Crippen molar-refractivity contribution in [2.75, 3.05) is 10.5 Å². The fraction of sp³-hybridized carbons (Fsp3) is 0.400. The van der Waals surface area contributed by atoms with Crippen molar-refractivity contribution in [1.82, 2.24) is 0 Å². The van der Waals surface area contributed by atoms with Gasteiger partial charge in [0.25, 0.3) is 0 Å². The third kappa shape index (κ3) is 3.62. The lowest BCUT2D eigenvalue weighted by Gasteiger charge is -2.12. The second kappa shape index (κ2) is 4.56. The Kier molecular flexibility index (Phi) is 3.71. The van der Waals surface area contributed by atoms with Gasteiger partial charge >= 0.3 is 6.18 Å². The number of alkyl halides is 3. The number of hydrogen-bond donors (Lipinski definition) is 1. The van der Waals surface area contributed by atoms with E-state index in [1.807, 2.05) is 0 Å². The largest absolute Gasteiger partial charge is 0.416 e. The van der Waals surface area contributed by atoms with Gasteiger partial charge in [0.15, 0.2) is 0 Å². The maximum Gasteiger partial charge on any atom is 0.416 e. The summed E-state index contributed by atoms with van der Waals surface area (Å²) in [6, 6.07) is 2.94. The molecule has 0 aliphatic heterocycles. The molecule has 96 valence electrons. The first-order chi connectivity index (χ1) is 7.65. The molecule has 1 rings (SSSR count). The van der Waals surface area contributed by atoms with Gasteiger partial charge < -0.3 is 0 Å². The summed E-state index contributed by atoms with van der Waals surface area (Å²) >= 11 is 0. The highest BCUT2D eigenvalue weighted by Crippen LogP contribution is 2.32. The molecule has 1 aromatic carbocycles. The highest BCUT2D eigenvalue weighted by molar-refractivity contribution is 7.92. The van der Waals surface area contributed by atoms with Crippen molar-refractivity contribution in [2.24, 2.45) is 0 Å². The molecule has 0 unspecified atom stereocenters. The molecule has 3 nitrogen and oxygen atoms in total. The number of aryl methyl sites for hydroxylation is 1. The first-order valence-electron chi connectivity index (χ1n) is 4.84. The number of anilines is 1. The predicted octanol–water partition coefficient (Wildman–Crippen LogP) is 2.78. The number of halogens is 3. The van der Waals surface area contributed by atoms with Crippen LogP contribution in [0.1, 0.15) is 18.1 Å². The molecule has 1 aromatic rings. The lowest BCUT2D eigenvalue weighted by atomic mass is 10.1. The van der Waals surface area contributed by atoms with Gasteiger partial charge in [-0.15, -0.1) is 0 Å². The van der Waals surface area contributed by atoms with E-state index in [1.165, 1.54) is 19.9 Å². The second-order valence-corrected chi connectivity index (χ2v) is 5.54. The zero-order valence-electron chi connectivity index (χ0n) is 9.30. The molecule has 0 saturated carbocycles. The Labute approximate surface area is 97.7 Å². The maximum atomic E-state index is 12.4. The molecule has 0 spiro atoms. The summed E-state index contributed by atoms with van der Waals surface area (Å²) in [6.07, 6.45) is -4.49. The maximum absolute atomic E-state index is 12.4. The Morgan fingerprint density at radius 1 is 1.29 bits per heavy atom. The Morgan fingerprint density at radius 2 is 1.88 bits per heavy atom. The van der Waals surface area contributed by atoms with Crippen LogP contribution in [0.3, 0.4) is 0 Å². The normalized spacial score (nSPS) is 12.5. The molecular formula is C10H12F3NO2S. The van der Waals surface area contributed by atoms with Crippen LogP contribution in [-0.2, 0) is 16.2 Å². The Bertz CT molecular complexity index is 509. The minimum absolute atomic E-state index is 0.0401. The molecule has 7 heteroatoms. The van der Waals surface area contributed by atoms with Crippen LogP contribution in [0.15, 0.2) is 18.2 Å². The minimum atomic E-state index is -4.49. The summed E-state index contributed by atoms with van der Waals surface area (Å²) in [5, 5.41) is 0. The van der Waals surface area contributed by atoms with Crippen LogP contribution in [0.4, 0.5) is 18.9 Å². The summed E-state index contributed by atoms with van der Waals surface area (Å²) in [5.74, 6) is -0.192. The molecule has 0 bridgehead atoms. The monoisotopic (exact) mass is 267 g/mol. The van der Waals surface area contributed by atoms with E-state index in [2.05, 4.69) is 4.72 Å². The van der Waals surface area contributed by atoms with Gasteiger partial charge in [0.1, 0.15) is 0 Å². The molecule has 0 radical (unpaired) electrons. The van der Waals surface area contributed by atoms with Crippen molar-refractivity contribution in [3.05, 3.63) is 29.3 Å². The lowest BCUT2D eigenvalue weighted by molar-refractivity contribution is -0.137. The first-order valence-corrected chi connectivity index (χ1v) is 6.49. The van der Waals surface area contributed by atoms with E-state index in [1.54, 1.807) is 0 Å². The average molecular weight is 267 g/mol. The molecule has 17 heavy (non-hydrogen) atoms. The topological polar surface area (TPSA) is 46.2 Å². The SMILES string of the molecule is CCS(=O)(=O)Nc1cc(C(F)(F)F)ccc1C. The second-order valence-electron chi connectivity index (χ2n) is 3.53. The molecule has 1 N–H and O–H groups in total. The summed E-state index contributed by atoms with van der Waals surface area (Å²) in [7, 11) is -3.57. The van der Waals surface area contributed by atoms with Gasteiger partial charge in [0.05, 0.1) is 17.0 Å². The van der Waals surface area contributed by atoms with E-state index in [-0.39, 0.29) is 11.4 Å². The molecule has 0 fully saturated rings. The summed E-state index contributed by atoms with van der Waals surface area (Å²) in [5.41, 5.74) is -0.478. The highest BCUT2D eigenvalue weighted by atomic mass is 32.2. The predicted molar refractivity (Wildman–Crippen MR) is 59.3 cm³/mol. The number of benzene rings is 1. The van der Waals surface area contributed by atoms with Gasteiger partial charge in [0, 0.05) is 0 Å². The van der Waals surface area contributed by atoms with Gasteiger partial charge in [-0.1, -0.05) is 6.07 Å². The fourth-order valence-electron chi connectivity index (χ4n) is 1.15. The number of hydrogen-bond acceptors (Lipinski definition) is 2. The lowest BCUT2D eigenvalue weighted by Crippen LogP contribution is -2.16. The molecule has 0 aliphatic rings. The van der Waals surface area contributed by atoms with Gasteiger partial charge in [-0.25, -0.2) is 8.42 Å². The quantitative estimate of drug-likeness (QED) is 0.915. The van der Waals surface area contributed by atoms with Crippen LogP contribution < -0.4 is 4.72 Å². The zero-order chi connectivity index (χ0) is 13.3. The van der Waals surface area contributed by atoms with Crippen LogP contribution in [-0.4, -0.2) is 14.2 Å².